The molecular weight excluding hydrogens is 306 g/mol. The molecule has 0 fully saturated rings. The molecule has 48 valence electrons. The van der Waals surface area contributed by atoms with Gasteiger partial charge in [0, 0.05) is 0 Å². The van der Waals surface area contributed by atoms with Crippen LogP contribution in [0.4, 0.5) is 0 Å². The van der Waals surface area contributed by atoms with Crippen molar-refractivity contribution in [1.82, 2.24) is 0 Å². The Balaban J connectivity index is 4.43. The Labute approximate surface area is 62.3 Å². The third-order valence-corrected chi connectivity index (χ3v) is 0. The Kier molecular flexibility index (Phi) is 2.10. The molecule has 0 radical (unpaired) electrons. The zero-order chi connectivity index (χ0) is 6.41. The molecule has 0 bridgehead atoms. The SMILES string of the molecule is [Cl][Nb-]([Cl])([Cl])([Cl])([Cl])[Cl]. The van der Waals surface area contributed by atoms with Crippen molar-refractivity contribution in [2.45, 2.75) is 0 Å². The van der Waals surface area contributed by atoms with Crippen molar-refractivity contribution in [3.05, 3.63) is 0 Å². The summed E-state index contributed by atoms with van der Waals surface area (Å²) in [6.07, 6.45) is 0. The van der Waals surface area contributed by atoms with Gasteiger partial charge in [-0.05, 0) is 0 Å². The number of rotatable bonds is 0. The molecule has 0 aliphatic heterocycles. The van der Waals surface area contributed by atoms with E-state index in [0.29, 0.717) is 0 Å². The van der Waals surface area contributed by atoms with Gasteiger partial charge in [-0.25, -0.2) is 0 Å². The van der Waals surface area contributed by atoms with E-state index in [-0.39, 0.29) is 0 Å². The molecule has 0 aromatic carbocycles. The van der Waals surface area contributed by atoms with E-state index < -0.39 is 8.02 Å². The van der Waals surface area contributed by atoms with Crippen LogP contribution in [0.5, 0.6) is 0 Å². The molecule has 0 rings (SSSR count). The molecule has 7 heteroatoms. The molecule has 0 unspecified atom stereocenters. The molecule has 0 aromatic heterocycles. The molecule has 0 aliphatic carbocycles. The first-order valence-corrected chi connectivity index (χ1v) is 18.0. The summed E-state index contributed by atoms with van der Waals surface area (Å²) in [5, 5.41) is 0. The zero-order valence-electron chi connectivity index (χ0n) is 2.72. The molecule has 0 aromatic rings. The fraction of sp³-hybridized carbons (Fsp3) is 0. The third kappa shape index (κ3) is 57.9. The summed E-state index contributed by atoms with van der Waals surface area (Å²) in [6, 6.07) is 0. The van der Waals surface area contributed by atoms with Gasteiger partial charge in [-0.3, -0.25) is 0 Å². The third-order valence-electron chi connectivity index (χ3n) is 0. The van der Waals surface area contributed by atoms with E-state index in [0.717, 1.165) is 0 Å². The fourth-order valence-corrected chi connectivity index (χ4v) is 0. The van der Waals surface area contributed by atoms with Gasteiger partial charge in [0.25, 0.3) is 0 Å². The normalized spacial score (nSPS) is 23.1. The second kappa shape index (κ2) is 1.55. The molecule has 0 N–H and O–H groups in total. The average Bonchev–Trinajstić information content (AvgIpc) is 0.592. The molecule has 0 aliphatic rings. The first-order valence-electron chi connectivity index (χ1n) is 1.01. The van der Waals surface area contributed by atoms with E-state index in [1.54, 1.807) is 0 Å². The summed E-state index contributed by atoms with van der Waals surface area (Å²) in [5.74, 6) is 0. The molecule has 0 saturated heterocycles. The van der Waals surface area contributed by atoms with E-state index in [1.807, 2.05) is 0 Å². The zero-order valence-corrected chi connectivity index (χ0v) is 9.45. The topological polar surface area (TPSA) is 0 Å². The molecule has 0 saturated carbocycles. The van der Waals surface area contributed by atoms with Gasteiger partial charge < -0.3 is 0 Å². The van der Waals surface area contributed by atoms with Crippen molar-refractivity contribution >= 4 is 55.1 Å². The van der Waals surface area contributed by atoms with E-state index in [1.165, 1.54) is 0 Å². The maximum absolute atomic E-state index is 5.42. The number of halogens is 6. The van der Waals surface area contributed by atoms with Crippen molar-refractivity contribution in [3.8, 4) is 0 Å². The average molecular weight is 306 g/mol. The van der Waals surface area contributed by atoms with E-state index >= 15 is 0 Å². The Morgan fingerprint density at radius 1 is 0.571 bits per heavy atom. The van der Waals surface area contributed by atoms with Gasteiger partial charge in [-0.2, -0.15) is 0 Å². The summed E-state index contributed by atoms with van der Waals surface area (Å²) in [7, 11) is 25.0. The molecule has 0 amide bonds. The van der Waals surface area contributed by atoms with Crippen LogP contribution in [0.15, 0.2) is 0 Å². The Morgan fingerprint density at radius 2 is 0.571 bits per heavy atom. The Bertz CT molecular complexity index is 62.7. The van der Waals surface area contributed by atoms with Crippen LogP contribution in [0.2, 0.25) is 0 Å². The molecular formula is Cl6Nb-. The Hall–Kier alpha value is 2.48. The molecule has 0 heterocycles. The monoisotopic (exact) mass is 303 g/mol. The first kappa shape index (κ1) is 9.48. The fourth-order valence-electron chi connectivity index (χ4n) is 0. The van der Waals surface area contributed by atoms with Crippen LogP contribution in [-0.2, 0) is 8.02 Å². The van der Waals surface area contributed by atoms with Crippen molar-refractivity contribution in [2.24, 2.45) is 0 Å². The predicted octanol–water partition coefficient (Wildman–Crippen LogP) is 4.13. The van der Waals surface area contributed by atoms with Gasteiger partial charge in [0.2, 0.25) is 0 Å². The van der Waals surface area contributed by atoms with Crippen LogP contribution in [-0.4, -0.2) is 0 Å². The molecule has 7 heavy (non-hydrogen) atoms. The number of hydrogen-bond donors (Lipinski definition) is 0. The summed E-state index contributed by atoms with van der Waals surface area (Å²) in [6.45, 7) is 0. The molecule has 0 nitrogen and oxygen atoms in total. The van der Waals surface area contributed by atoms with Crippen LogP contribution in [0, 0.1) is 0 Å². The van der Waals surface area contributed by atoms with Gasteiger partial charge in [0.15, 0.2) is 0 Å². The first-order chi connectivity index (χ1) is 2.45. The van der Waals surface area contributed by atoms with Gasteiger partial charge in [0.05, 0.1) is 0 Å². The van der Waals surface area contributed by atoms with Crippen molar-refractivity contribution in [2.75, 3.05) is 0 Å². The van der Waals surface area contributed by atoms with Crippen LogP contribution < -0.4 is 0 Å². The molecule has 0 spiro atoms. The minimum absolute atomic E-state index is 5.06. The predicted molar refractivity (Wildman–Crippen MR) is 35.1 cm³/mol. The van der Waals surface area contributed by atoms with Crippen molar-refractivity contribution < 1.29 is 8.02 Å². The summed E-state index contributed by atoms with van der Waals surface area (Å²) < 4.78 is 0. The second-order valence-corrected chi connectivity index (χ2v) is 51.0. The van der Waals surface area contributed by atoms with Gasteiger partial charge in [-0.15, -0.1) is 0 Å². The maximum atomic E-state index is 5.06. The Morgan fingerprint density at radius 3 is 0.571 bits per heavy atom. The number of hydrogen-bond acceptors (Lipinski definition) is 0. The quantitative estimate of drug-likeness (QED) is 0.590. The standard InChI is InChI=1S/6ClH.Nb/h6*1H;/q;;;;;;+5/p-6. The van der Waals surface area contributed by atoms with Gasteiger partial charge in [-0.1, -0.05) is 0 Å². The summed E-state index contributed by atoms with van der Waals surface area (Å²) in [4.78, 5) is 0. The van der Waals surface area contributed by atoms with Gasteiger partial charge >= 0.3 is 63.2 Å². The van der Waals surface area contributed by atoms with E-state index in [9.17, 15) is 0 Å². The van der Waals surface area contributed by atoms with E-state index in [2.05, 4.69) is 0 Å². The molecule has 0 atom stereocenters. The van der Waals surface area contributed by atoms with Crippen LogP contribution in [0.25, 0.3) is 0 Å². The second-order valence-electron chi connectivity index (χ2n) is 0.958. The van der Waals surface area contributed by atoms with Crippen molar-refractivity contribution in [1.29, 1.82) is 0 Å². The summed E-state index contributed by atoms with van der Waals surface area (Å²) >= 11 is 0. The van der Waals surface area contributed by atoms with Crippen LogP contribution in [0.3, 0.4) is 0 Å². The van der Waals surface area contributed by atoms with Crippen LogP contribution in [0.1, 0.15) is 0 Å². The van der Waals surface area contributed by atoms with Crippen molar-refractivity contribution in [3.63, 3.8) is 0 Å². The van der Waals surface area contributed by atoms with Gasteiger partial charge in [0.1, 0.15) is 0 Å². The minimum atomic E-state index is -5.42. The van der Waals surface area contributed by atoms with Crippen LogP contribution >= 0.6 is 55.1 Å². The summed E-state index contributed by atoms with van der Waals surface area (Å²) in [5.41, 5.74) is 0. The van der Waals surface area contributed by atoms with E-state index in [4.69, 9.17) is 55.1 Å².